The zero-order valence-electron chi connectivity index (χ0n) is 9.62. The van der Waals surface area contributed by atoms with Gasteiger partial charge in [0.25, 0.3) is 0 Å². The molecule has 1 heterocycles. The van der Waals surface area contributed by atoms with Gasteiger partial charge in [-0.25, -0.2) is 4.39 Å². The molecule has 0 aromatic heterocycles. The molecule has 0 bridgehead atoms. The predicted octanol–water partition coefficient (Wildman–Crippen LogP) is 2.58. The number of benzene rings is 1. The molecule has 1 N–H and O–H groups in total. The van der Waals surface area contributed by atoms with E-state index in [1.54, 1.807) is 0 Å². The van der Waals surface area contributed by atoms with Crippen molar-refractivity contribution in [2.24, 2.45) is 5.92 Å². The summed E-state index contributed by atoms with van der Waals surface area (Å²) >= 11 is 5.64. The Bertz CT molecular complexity index is 485. The molecule has 6 heteroatoms. The van der Waals surface area contributed by atoms with Gasteiger partial charge in [-0.1, -0.05) is 11.6 Å². The van der Waals surface area contributed by atoms with Crippen LogP contribution in [0.4, 0.5) is 10.1 Å². The van der Waals surface area contributed by atoms with Gasteiger partial charge in [0.15, 0.2) is 0 Å². The molecule has 1 aromatic rings. The highest BCUT2D eigenvalue weighted by Crippen LogP contribution is 2.22. The van der Waals surface area contributed by atoms with Gasteiger partial charge in [-0.05, 0) is 31.0 Å². The minimum atomic E-state index is -0.781. The highest BCUT2D eigenvalue weighted by Gasteiger charge is 2.24. The first-order valence-corrected chi connectivity index (χ1v) is 7.54. The van der Waals surface area contributed by atoms with Crippen molar-refractivity contribution >= 4 is 34.0 Å². The molecule has 0 aliphatic carbocycles. The van der Waals surface area contributed by atoms with E-state index in [1.807, 2.05) is 0 Å². The van der Waals surface area contributed by atoms with E-state index < -0.39 is 16.6 Å². The number of amides is 1. The third-order valence-corrected chi connectivity index (χ3v) is 4.62. The average Bonchev–Trinajstić information content (AvgIpc) is 2.34. The Hall–Kier alpha value is -0.940. The largest absolute Gasteiger partial charge is 0.326 e. The summed E-state index contributed by atoms with van der Waals surface area (Å²) in [6.07, 6.45) is 1.26. The fourth-order valence-corrected chi connectivity index (χ4v) is 3.35. The number of halogens is 2. The number of nitrogens with one attached hydrogen (secondary N) is 1. The minimum absolute atomic E-state index is 0.0162. The van der Waals surface area contributed by atoms with Gasteiger partial charge in [0.1, 0.15) is 5.82 Å². The molecule has 1 aliphatic rings. The summed E-state index contributed by atoms with van der Waals surface area (Å²) in [5.41, 5.74) is 0.484. The maximum Gasteiger partial charge on any atom is 0.227 e. The van der Waals surface area contributed by atoms with Crippen LogP contribution in [0.15, 0.2) is 18.2 Å². The van der Waals surface area contributed by atoms with Crippen LogP contribution < -0.4 is 5.32 Å². The molecule has 18 heavy (non-hydrogen) atoms. The molecule has 0 saturated carbocycles. The van der Waals surface area contributed by atoms with Crippen LogP contribution in [0.1, 0.15) is 12.8 Å². The van der Waals surface area contributed by atoms with Gasteiger partial charge < -0.3 is 5.32 Å². The SMILES string of the molecule is O=C(Nc1ccc(F)c(Cl)c1)C1CCS(=O)CC1. The van der Waals surface area contributed by atoms with E-state index in [0.717, 1.165) is 0 Å². The van der Waals surface area contributed by atoms with Crippen LogP contribution >= 0.6 is 11.6 Å². The monoisotopic (exact) mass is 289 g/mol. The van der Waals surface area contributed by atoms with Crippen molar-refractivity contribution in [2.75, 3.05) is 16.8 Å². The first-order chi connectivity index (χ1) is 8.56. The number of hydrogen-bond donors (Lipinski definition) is 1. The van der Waals surface area contributed by atoms with Crippen LogP contribution in [-0.2, 0) is 15.6 Å². The van der Waals surface area contributed by atoms with Crippen molar-refractivity contribution in [3.63, 3.8) is 0 Å². The van der Waals surface area contributed by atoms with Crippen molar-refractivity contribution in [3.8, 4) is 0 Å². The van der Waals surface area contributed by atoms with E-state index in [1.165, 1.54) is 18.2 Å². The van der Waals surface area contributed by atoms with Crippen molar-refractivity contribution in [2.45, 2.75) is 12.8 Å². The van der Waals surface area contributed by atoms with E-state index in [4.69, 9.17) is 11.6 Å². The zero-order chi connectivity index (χ0) is 13.1. The number of carbonyl (C=O) groups is 1. The summed E-state index contributed by atoms with van der Waals surface area (Å²) in [7, 11) is -0.781. The lowest BCUT2D eigenvalue weighted by Crippen LogP contribution is -2.29. The number of rotatable bonds is 2. The Morgan fingerprint density at radius 1 is 1.39 bits per heavy atom. The Kier molecular flexibility index (Phi) is 4.35. The maximum atomic E-state index is 13.0. The molecule has 0 atom stereocenters. The number of anilines is 1. The first-order valence-electron chi connectivity index (χ1n) is 5.67. The Balaban J connectivity index is 1.98. The standard InChI is InChI=1S/C12H13ClFNO2S/c13-10-7-9(1-2-11(10)14)15-12(16)8-3-5-18(17)6-4-8/h1-2,7-8H,3-6H2,(H,15,16). The molecule has 98 valence electrons. The molecule has 3 nitrogen and oxygen atoms in total. The van der Waals surface area contributed by atoms with Gasteiger partial charge in [0.2, 0.25) is 5.91 Å². The Labute approximate surface area is 112 Å². The van der Waals surface area contributed by atoms with Crippen LogP contribution in [0.2, 0.25) is 5.02 Å². The predicted molar refractivity (Wildman–Crippen MR) is 70.6 cm³/mol. The van der Waals surface area contributed by atoms with E-state index in [0.29, 0.717) is 30.0 Å². The van der Waals surface area contributed by atoms with Gasteiger partial charge in [0, 0.05) is 33.9 Å². The van der Waals surface area contributed by atoms with Gasteiger partial charge >= 0.3 is 0 Å². The van der Waals surface area contributed by atoms with Crippen LogP contribution in [0.25, 0.3) is 0 Å². The van der Waals surface area contributed by atoms with Crippen LogP contribution in [0, 0.1) is 11.7 Å². The topological polar surface area (TPSA) is 46.2 Å². The molecular weight excluding hydrogens is 277 g/mol. The zero-order valence-corrected chi connectivity index (χ0v) is 11.2. The summed E-state index contributed by atoms with van der Waals surface area (Å²) in [5.74, 6) is 0.397. The van der Waals surface area contributed by atoms with Crippen LogP contribution in [0.5, 0.6) is 0 Å². The van der Waals surface area contributed by atoms with E-state index in [9.17, 15) is 13.4 Å². The van der Waals surface area contributed by atoms with Gasteiger partial charge in [-0.2, -0.15) is 0 Å². The first kappa shape index (κ1) is 13.5. The lowest BCUT2D eigenvalue weighted by molar-refractivity contribution is -0.120. The van der Waals surface area contributed by atoms with Gasteiger partial charge in [-0.3, -0.25) is 9.00 Å². The Morgan fingerprint density at radius 3 is 2.67 bits per heavy atom. The van der Waals surface area contributed by atoms with E-state index >= 15 is 0 Å². The highest BCUT2D eigenvalue weighted by atomic mass is 35.5. The summed E-state index contributed by atoms with van der Waals surface area (Å²) in [6.45, 7) is 0. The van der Waals surface area contributed by atoms with Gasteiger partial charge in [-0.15, -0.1) is 0 Å². The smallest absolute Gasteiger partial charge is 0.227 e. The summed E-state index contributed by atoms with van der Waals surface area (Å²) in [5, 5.41) is 2.69. The second-order valence-electron chi connectivity index (χ2n) is 4.24. The van der Waals surface area contributed by atoms with Crippen LogP contribution in [0.3, 0.4) is 0 Å². The normalized spacial score (nSPS) is 23.7. The summed E-state index contributed by atoms with van der Waals surface area (Å²) < 4.78 is 24.1. The fourth-order valence-electron chi connectivity index (χ4n) is 1.87. The number of carbonyl (C=O) groups excluding carboxylic acids is 1. The van der Waals surface area contributed by atoms with E-state index in [2.05, 4.69) is 5.32 Å². The lowest BCUT2D eigenvalue weighted by Gasteiger charge is -2.20. The molecule has 1 aliphatic heterocycles. The van der Waals surface area contributed by atoms with Crippen LogP contribution in [-0.4, -0.2) is 21.6 Å². The summed E-state index contributed by atoms with van der Waals surface area (Å²) in [4.78, 5) is 11.9. The average molecular weight is 290 g/mol. The lowest BCUT2D eigenvalue weighted by atomic mass is 10.0. The van der Waals surface area contributed by atoms with Crippen molar-refractivity contribution in [1.82, 2.24) is 0 Å². The van der Waals surface area contributed by atoms with Gasteiger partial charge in [0.05, 0.1) is 5.02 Å². The quantitative estimate of drug-likeness (QED) is 0.909. The molecule has 0 spiro atoms. The number of hydrogen-bond acceptors (Lipinski definition) is 2. The van der Waals surface area contributed by atoms with Crippen molar-refractivity contribution in [3.05, 3.63) is 29.0 Å². The summed E-state index contributed by atoms with van der Waals surface area (Å²) in [6, 6.07) is 4.07. The van der Waals surface area contributed by atoms with E-state index in [-0.39, 0.29) is 16.8 Å². The maximum absolute atomic E-state index is 13.0. The fraction of sp³-hybridized carbons (Fsp3) is 0.417. The van der Waals surface area contributed by atoms with Crippen molar-refractivity contribution in [1.29, 1.82) is 0 Å². The Morgan fingerprint density at radius 2 is 2.06 bits per heavy atom. The highest BCUT2D eigenvalue weighted by molar-refractivity contribution is 7.85. The molecule has 0 radical (unpaired) electrons. The third kappa shape index (κ3) is 3.29. The molecular formula is C12H13ClFNO2S. The molecule has 1 fully saturated rings. The molecule has 0 unspecified atom stereocenters. The molecule has 1 aromatic carbocycles. The minimum Gasteiger partial charge on any atom is -0.326 e. The second kappa shape index (κ2) is 5.80. The molecule has 1 saturated heterocycles. The van der Waals surface area contributed by atoms with Crippen molar-refractivity contribution < 1.29 is 13.4 Å². The molecule has 2 rings (SSSR count). The second-order valence-corrected chi connectivity index (χ2v) is 6.34. The molecule has 1 amide bonds. The third-order valence-electron chi connectivity index (χ3n) is 2.95.